The first-order valence-corrected chi connectivity index (χ1v) is 3.52. The summed E-state index contributed by atoms with van der Waals surface area (Å²) in [6.07, 6.45) is 3.16. The standard InChI is InChI=1S/C7H12N4/c1-3-11(2)6-4-9-5-10-7(6)8/h4-5H,3H2,1-2H3,(H2,8,9,10). The van der Waals surface area contributed by atoms with Crippen LogP contribution in [-0.2, 0) is 0 Å². The maximum Gasteiger partial charge on any atom is 0.150 e. The summed E-state index contributed by atoms with van der Waals surface area (Å²) in [6, 6.07) is 0. The topological polar surface area (TPSA) is 55.0 Å². The molecule has 60 valence electrons. The highest BCUT2D eigenvalue weighted by molar-refractivity contribution is 5.60. The molecule has 4 heteroatoms. The summed E-state index contributed by atoms with van der Waals surface area (Å²) >= 11 is 0. The molecule has 1 heterocycles. The van der Waals surface area contributed by atoms with E-state index < -0.39 is 0 Å². The number of nitrogens with two attached hydrogens (primary N) is 1. The molecule has 0 spiro atoms. The minimum Gasteiger partial charge on any atom is -0.382 e. The molecule has 1 aromatic rings. The van der Waals surface area contributed by atoms with Crippen LogP contribution in [0.3, 0.4) is 0 Å². The lowest BCUT2D eigenvalue weighted by Crippen LogP contribution is -2.18. The van der Waals surface area contributed by atoms with E-state index in [0.29, 0.717) is 5.82 Å². The fourth-order valence-electron chi connectivity index (χ4n) is 0.796. The summed E-state index contributed by atoms with van der Waals surface area (Å²) in [5.74, 6) is 0.532. The number of aromatic nitrogens is 2. The molecule has 0 aliphatic carbocycles. The zero-order valence-electron chi connectivity index (χ0n) is 6.78. The minimum atomic E-state index is 0.532. The molecule has 0 bridgehead atoms. The van der Waals surface area contributed by atoms with E-state index in [2.05, 4.69) is 9.97 Å². The van der Waals surface area contributed by atoms with Crippen molar-refractivity contribution in [3.8, 4) is 0 Å². The van der Waals surface area contributed by atoms with E-state index in [9.17, 15) is 0 Å². The molecule has 0 amide bonds. The molecule has 11 heavy (non-hydrogen) atoms. The van der Waals surface area contributed by atoms with Crippen LogP contribution in [0.25, 0.3) is 0 Å². The number of nitrogen functional groups attached to an aromatic ring is 1. The first kappa shape index (κ1) is 7.78. The van der Waals surface area contributed by atoms with Gasteiger partial charge in [-0.05, 0) is 6.92 Å². The maximum absolute atomic E-state index is 5.60. The minimum absolute atomic E-state index is 0.532. The number of anilines is 2. The van der Waals surface area contributed by atoms with Crippen LogP contribution < -0.4 is 10.6 Å². The van der Waals surface area contributed by atoms with Gasteiger partial charge < -0.3 is 10.6 Å². The van der Waals surface area contributed by atoms with Gasteiger partial charge in [0.05, 0.1) is 11.9 Å². The molecule has 0 fully saturated rings. The molecule has 0 atom stereocenters. The average Bonchev–Trinajstić information content (AvgIpc) is 2.04. The van der Waals surface area contributed by atoms with Crippen molar-refractivity contribution >= 4 is 11.5 Å². The van der Waals surface area contributed by atoms with E-state index in [1.165, 1.54) is 6.33 Å². The van der Waals surface area contributed by atoms with Gasteiger partial charge in [-0.1, -0.05) is 0 Å². The van der Waals surface area contributed by atoms with Crippen LogP contribution >= 0.6 is 0 Å². The average molecular weight is 152 g/mol. The Bertz CT molecular complexity index is 236. The predicted octanol–water partition coefficient (Wildman–Crippen LogP) is 0.515. The SMILES string of the molecule is CCN(C)c1cncnc1N. The van der Waals surface area contributed by atoms with E-state index in [4.69, 9.17) is 5.73 Å². The van der Waals surface area contributed by atoms with Gasteiger partial charge in [-0.25, -0.2) is 9.97 Å². The molecule has 4 nitrogen and oxygen atoms in total. The van der Waals surface area contributed by atoms with Crippen LogP contribution in [0.5, 0.6) is 0 Å². The van der Waals surface area contributed by atoms with Crippen LogP contribution in [0.1, 0.15) is 6.92 Å². The fourth-order valence-corrected chi connectivity index (χ4v) is 0.796. The predicted molar refractivity (Wildman–Crippen MR) is 45.4 cm³/mol. The second-order valence-electron chi connectivity index (χ2n) is 2.31. The third kappa shape index (κ3) is 1.58. The van der Waals surface area contributed by atoms with E-state index in [1.807, 2.05) is 18.9 Å². The number of rotatable bonds is 2. The van der Waals surface area contributed by atoms with Crippen molar-refractivity contribution in [2.24, 2.45) is 0 Å². The summed E-state index contributed by atoms with van der Waals surface area (Å²) < 4.78 is 0. The summed E-state index contributed by atoms with van der Waals surface area (Å²) in [6.45, 7) is 2.95. The molecule has 0 aromatic carbocycles. The van der Waals surface area contributed by atoms with Crippen LogP contribution in [0.2, 0.25) is 0 Å². The van der Waals surface area contributed by atoms with Crippen molar-refractivity contribution in [2.75, 3.05) is 24.2 Å². The lowest BCUT2D eigenvalue weighted by Gasteiger charge is -2.16. The van der Waals surface area contributed by atoms with Crippen molar-refractivity contribution in [3.63, 3.8) is 0 Å². The Labute approximate surface area is 66.1 Å². The van der Waals surface area contributed by atoms with Crippen LogP contribution in [0.15, 0.2) is 12.5 Å². The van der Waals surface area contributed by atoms with Crippen molar-refractivity contribution < 1.29 is 0 Å². The van der Waals surface area contributed by atoms with Crippen molar-refractivity contribution in [1.29, 1.82) is 0 Å². The lowest BCUT2D eigenvalue weighted by atomic mass is 10.4. The second-order valence-corrected chi connectivity index (χ2v) is 2.31. The summed E-state index contributed by atoms with van der Waals surface area (Å²) in [5.41, 5.74) is 6.49. The molecule has 0 aliphatic heterocycles. The monoisotopic (exact) mass is 152 g/mol. The van der Waals surface area contributed by atoms with Gasteiger partial charge in [-0.15, -0.1) is 0 Å². The quantitative estimate of drug-likeness (QED) is 0.671. The van der Waals surface area contributed by atoms with Crippen LogP contribution in [-0.4, -0.2) is 23.6 Å². The van der Waals surface area contributed by atoms with Crippen LogP contribution in [0, 0.1) is 0 Å². The largest absolute Gasteiger partial charge is 0.382 e. The maximum atomic E-state index is 5.60. The Morgan fingerprint density at radius 2 is 2.36 bits per heavy atom. The van der Waals surface area contributed by atoms with E-state index in [-0.39, 0.29) is 0 Å². The molecule has 2 N–H and O–H groups in total. The zero-order valence-corrected chi connectivity index (χ0v) is 6.78. The molecular formula is C7H12N4. The van der Waals surface area contributed by atoms with E-state index >= 15 is 0 Å². The van der Waals surface area contributed by atoms with E-state index in [0.717, 1.165) is 12.2 Å². The Balaban J connectivity index is 2.93. The van der Waals surface area contributed by atoms with Crippen molar-refractivity contribution in [1.82, 2.24) is 9.97 Å². The van der Waals surface area contributed by atoms with Crippen LogP contribution in [0.4, 0.5) is 11.5 Å². The number of hydrogen-bond acceptors (Lipinski definition) is 4. The Morgan fingerprint density at radius 1 is 1.64 bits per heavy atom. The van der Waals surface area contributed by atoms with Gasteiger partial charge in [-0.2, -0.15) is 0 Å². The highest BCUT2D eigenvalue weighted by Crippen LogP contribution is 2.15. The Hall–Kier alpha value is -1.32. The zero-order chi connectivity index (χ0) is 8.27. The third-order valence-corrected chi connectivity index (χ3v) is 1.61. The fraction of sp³-hybridized carbons (Fsp3) is 0.429. The Morgan fingerprint density at radius 3 is 2.91 bits per heavy atom. The van der Waals surface area contributed by atoms with Crippen molar-refractivity contribution in [3.05, 3.63) is 12.5 Å². The first-order chi connectivity index (χ1) is 5.25. The number of hydrogen-bond donors (Lipinski definition) is 1. The smallest absolute Gasteiger partial charge is 0.150 e. The highest BCUT2D eigenvalue weighted by Gasteiger charge is 2.02. The first-order valence-electron chi connectivity index (χ1n) is 3.52. The summed E-state index contributed by atoms with van der Waals surface area (Å²) in [7, 11) is 1.95. The molecule has 0 saturated heterocycles. The molecule has 0 aliphatic rings. The molecule has 1 rings (SSSR count). The molecular weight excluding hydrogens is 140 g/mol. The van der Waals surface area contributed by atoms with Gasteiger partial charge in [0.1, 0.15) is 12.1 Å². The summed E-state index contributed by atoms with van der Waals surface area (Å²) in [4.78, 5) is 9.75. The van der Waals surface area contributed by atoms with Gasteiger partial charge >= 0.3 is 0 Å². The number of nitrogens with zero attached hydrogens (tertiary/aromatic N) is 3. The van der Waals surface area contributed by atoms with E-state index in [1.54, 1.807) is 6.20 Å². The second kappa shape index (κ2) is 3.18. The van der Waals surface area contributed by atoms with Gasteiger partial charge in [0.25, 0.3) is 0 Å². The van der Waals surface area contributed by atoms with Gasteiger partial charge in [0, 0.05) is 13.6 Å². The third-order valence-electron chi connectivity index (χ3n) is 1.61. The lowest BCUT2D eigenvalue weighted by molar-refractivity contribution is 0.953. The van der Waals surface area contributed by atoms with Crippen molar-refractivity contribution in [2.45, 2.75) is 6.92 Å². The molecule has 0 unspecified atom stereocenters. The molecule has 1 aromatic heterocycles. The molecule has 0 radical (unpaired) electrons. The highest BCUT2D eigenvalue weighted by atomic mass is 15.1. The van der Waals surface area contributed by atoms with Gasteiger partial charge in [0.15, 0.2) is 0 Å². The normalized spacial score (nSPS) is 9.64. The summed E-state index contributed by atoms with van der Waals surface area (Å²) in [5, 5.41) is 0. The molecule has 0 saturated carbocycles. The Kier molecular flexibility index (Phi) is 2.25. The van der Waals surface area contributed by atoms with Gasteiger partial charge in [0.2, 0.25) is 0 Å². The van der Waals surface area contributed by atoms with Gasteiger partial charge in [-0.3, -0.25) is 0 Å².